The van der Waals surface area contributed by atoms with Gasteiger partial charge in [-0.05, 0) is 6.42 Å². The van der Waals surface area contributed by atoms with Gasteiger partial charge in [0, 0.05) is 26.6 Å². The van der Waals surface area contributed by atoms with E-state index in [2.05, 4.69) is 11.5 Å². The van der Waals surface area contributed by atoms with E-state index in [4.69, 9.17) is 4.74 Å². The van der Waals surface area contributed by atoms with Crippen LogP contribution in [-0.4, -0.2) is 43.4 Å². The van der Waals surface area contributed by atoms with Crippen LogP contribution in [0.15, 0.2) is 12.2 Å². The van der Waals surface area contributed by atoms with Crippen LogP contribution in [0, 0.1) is 0 Å². The molecule has 0 saturated carbocycles. The fourth-order valence-corrected chi connectivity index (χ4v) is 2.72. The quantitative estimate of drug-likeness (QED) is 0.602. The van der Waals surface area contributed by atoms with Crippen LogP contribution in [0.2, 0.25) is 0 Å². The van der Waals surface area contributed by atoms with Crippen molar-refractivity contribution in [3.8, 4) is 0 Å². The van der Waals surface area contributed by atoms with Gasteiger partial charge in [-0.1, -0.05) is 12.2 Å². The zero-order valence-corrected chi connectivity index (χ0v) is 8.05. The van der Waals surface area contributed by atoms with E-state index in [1.54, 1.807) is 7.11 Å². The largest absolute Gasteiger partial charge is 0.383 e. The molecule has 2 nitrogen and oxygen atoms in total. The van der Waals surface area contributed by atoms with Gasteiger partial charge in [-0.2, -0.15) is 0 Å². The fourth-order valence-electron chi connectivity index (χ4n) is 2.72. The average Bonchev–Trinajstić information content (AvgIpc) is 2.40. The summed E-state index contributed by atoms with van der Waals surface area (Å²) < 4.78 is 18.4. The Kier molecular flexibility index (Phi) is 2.16. The summed E-state index contributed by atoms with van der Waals surface area (Å²) in [7, 11) is 1.68. The molecule has 74 valence electrons. The van der Waals surface area contributed by atoms with E-state index >= 15 is 0 Å². The summed E-state index contributed by atoms with van der Waals surface area (Å²) in [4.78, 5) is 2.18. The van der Waals surface area contributed by atoms with Crippen LogP contribution in [0.1, 0.15) is 12.8 Å². The van der Waals surface area contributed by atoms with Gasteiger partial charge in [0.2, 0.25) is 0 Å². The van der Waals surface area contributed by atoms with Crippen LogP contribution in [-0.2, 0) is 4.74 Å². The van der Waals surface area contributed by atoms with Gasteiger partial charge < -0.3 is 4.74 Å². The van der Waals surface area contributed by atoms with E-state index in [0.717, 1.165) is 13.0 Å². The molecule has 2 atom stereocenters. The number of hydrogen-bond donors (Lipinski definition) is 0. The first-order valence-corrected chi connectivity index (χ1v) is 4.71. The zero-order chi connectivity index (χ0) is 9.47. The Labute approximate surface area is 78.4 Å². The molecular weight excluding hydrogens is 169 g/mol. The number of nitrogens with zero attached hydrogens (tertiary/aromatic N) is 1. The number of rotatable bonds is 2. The number of methoxy groups -OCH3 is 1. The van der Waals surface area contributed by atoms with Crippen LogP contribution < -0.4 is 0 Å². The second kappa shape index (κ2) is 3.07. The number of hydrogen-bond acceptors (Lipinski definition) is 2. The molecule has 0 spiro atoms. The molecule has 0 aromatic rings. The summed E-state index contributed by atoms with van der Waals surface area (Å²) in [5, 5.41) is 0. The highest BCUT2D eigenvalue weighted by Gasteiger charge is 2.49. The van der Waals surface area contributed by atoms with Crippen molar-refractivity contribution >= 4 is 0 Å². The van der Waals surface area contributed by atoms with Gasteiger partial charge in [0.05, 0.1) is 12.1 Å². The minimum absolute atomic E-state index is 0.0642. The number of halogens is 1. The molecule has 13 heavy (non-hydrogen) atoms. The van der Waals surface area contributed by atoms with Crippen molar-refractivity contribution in [2.75, 3.05) is 26.8 Å². The fraction of sp³-hybridized carbons (Fsp3) is 0.800. The third-order valence-corrected chi connectivity index (χ3v) is 3.10. The first kappa shape index (κ1) is 9.16. The van der Waals surface area contributed by atoms with Crippen molar-refractivity contribution in [2.45, 2.75) is 24.6 Å². The minimum atomic E-state index is -0.678. The van der Waals surface area contributed by atoms with Gasteiger partial charge in [-0.25, -0.2) is 4.39 Å². The van der Waals surface area contributed by atoms with E-state index in [9.17, 15) is 4.39 Å². The van der Waals surface area contributed by atoms with Crippen LogP contribution in [0.4, 0.5) is 4.39 Å². The molecule has 0 aromatic carbocycles. The second-order valence-electron chi connectivity index (χ2n) is 4.27. The molecule has 2 heterocycles. The standard InChI is InChI=1S/C10H16FNO/c1-8-3-10(7-13-2)4-9(11)6-12(10)5-8/h9H,1,3-7H2,2H3/t9-,10+/m0/s1. The van der Waals surface area contributed by atoms with E-state index in [1.165, 1.54) is 5.57 Å². The molecule has 2 aliphatic rings. The summed E-state index contributed by atoms with van der Waals surface area (Å²) in [5.74, 6) is 0. The molecule has 0 bridgehead atoms. The lowest BCUT2D eigenvalue weighted by Crippen LogP contribution is -2.42. The number of alkyl halides is 1. The summed E-state index contributed by atoms with van der Waals surface area (Å²) in [6.45, 7) is 6.01. The average molecular weight is 185 g/mol. The van der Waals surface area contributed by atoms with E-state index in [-0.39, 0.29) is 5.54 Å². The smallest absolute Gasteiger partial charge is 0.115 e. The first-order valence-electron chi connectivity index (χ1n) is 4.71. The van der Waals surface area contributed by atoms with Crippen molar-refractivity contribution in [2.24, 2.45) is 0 Å². The molecular formula is C10H16FNO. The SMILES string of the molecule is C=C1CN2C[C@@H](F)C[C@@]2(COC)C1. The summed E-state index contributed by atoms with van der Waals surface area (Å²) in [5.41, 5.74) is 1.15. The van der Waals surface area contributed by atoms with E-state index in [1.807, 2.05) is 0 Å². The van der Waals surface area contributed by atoms with Gasteiger partial charge in [0.15, 0.2) is 0 Å². The summed E-state index contributed by atoms with van der Waals surface area (Å²) >= 11 is 0. The van der Waals surface area contributed by atoms with E-state index in [0.29, 0.717) is 19.6 Å². The maximum absolute atomic E-state index is 13.2. The van der Waals surface area contributed by atoms with Gasteiger partial charge in [0.1, 0.15) is 6.17 Å². The molecule has 0 aromatic heterocycles. The van der Waals surface area contributed by atoms with Crippen molar-refractivity contribution in [3.05, 3.63) is 12.2 Å². The van der Waals surface area contributed by atoms with Gasteiger partial charge in [-0.15, -0.1) is 0 Å². The molecule has 2 rings (SSSR count). The first-order chi connectivity index (χ1) is 6.16. The van der Waals surface area contributed by atoms with Gasteiger partial charge in [-0.3, -0.25) is 4.90 Å². The Hall–Kier alpha value is -0.410. The van der Waals surface area contributed by atoms with Crippen molar-refractivity contribution in [1.82, 2.24) is 4.90 Å². The number of ether oxygens (including phenoxy) is 1. The number of fused-ring (bicyclic) bond motifs is 1. The third kappa shape index (κ3) is 1.40. The summed E-state index contributed by atoms with van der Waals surface area (Å²) in [6.07, 6.45) is 0.837. The molecule has 3 heteroatoms. The molecule has 2 saturated heterocycles. The van der Waals surface area contributed by atoms with Crippen molar-refractivity contribution in [3.63, 3.8) is 0 Å². The second-order valence-corrected chi connectivity index (χ2v) is 4.27. The predicted octanol–water partition coefficient (Wildman–Crippen LogP) is 1.38. The topological polar surface area (TPSA) is 12.5 Å². The summed E-state index contributed by atoms with van der Waals surface area (Å²) in [6, 6.07) is 0. The van der Waals surface area contributed by atoms with Crippen LogP contribution in [0.3, 0.4) is 0 Å². The lowest BCUT2D eigenvalue weighted by molar-refractivity contribution is 0.0653. The van der Waals surface area contributed by atoms with Gasteiger partial charge >= 0.3 is 0 Å². The van der Waals surface area contributed by atoms with Crippen LogP contribution >= 0.6 is 0 Å². The van der Waals surface area contributed by atoms with Gasteiger partial charge in [0.25, 0.3) is 0 Å². The highest BCUT2D eigenvalue weighted by molar-refractivity contribution is 5.19. The Morgan fingerprint density at radius 3 is 3.23 bits per heavy atom. The van der Waals surface area contributed by atoms with Crippen molar-refractivity contribution < 1.29 is 9.13 Å². The molecule has 2 fully saturated rings. The highest BCUT2D eigenvalue weighted by Crippen LogP contribution is 2.41. The molecule has 0 aliphatic carbocycles. The van der Waals surface area contributed by atoms with Crippen molar-refractivity contribution in [1.29, 1.82) is 0 Å². The highest BCUT2D eigenvalue weighted by atomic mass is 19.1. The Morgan fingerprint density at radius 2 is 2.54 bits per heavy atom. The molecule has 0 unspecified atom stereocenters. The lowest BCUT2D eigenvalue weighted by atomic mass is 9.93. The maximum atomic E-state index is 13.2. The Balaban J connectivity index is 2.16. The zero-order valence-electron chi connectivity index (χ0n) is 8.05. The minimum Gasteiger partial charge on any atom is -0.383 e. The molecule has 2 aliphatic heterocycles. The van der Waals surface area contributed by atoms with Crippen LogP contribution in [0.5, 0.6) is 0 Å². The molecule has 0 radical (unpaired) electrons. The van der Waals surface area contributed by atoms with Crippen LogP contribution in [0.25, 0.3) is 0 Å². The monoisotopic (exact) mass is 185 g/mol. The Morgan fingerprint density at radius 1 is 1.77 bits per heavy atom. The third-order valence-electron chi connectivity index (χ3n) is 3.10. The van der Waals surface area contributed by atoms with E-state index < -0.39 is 6.17 Å². The lowest BCUT2D eigenvalue weighted by Gasteiger charge is -2.29. The molecule has 0 N–H and O–H groups in total. The predicted molar refractivity (Wildman–Crippen MR) is 49.5 cm³/mol. The Bertz CT molecular complexity index is 231. The normalized spacial score (nSPS) is 39.8. The molecule has 0 amide bonds. The maximum Gasteiger partial charge on any atom is 0.115 e.